The van der Waals surface area contributed by atoms with Crippen LogP contribution in [-0.4, -0.2) is 52.1 Å². The monoisotopic (exact) mass is 378 g/mol. The van der Waals surface area contributed by atoms with Crippen LogP contribution in [0.15, 0.2) is 53.8 Å². The van der Waals surface area contributed by atoms with E-state index in [1.807, 2.05) is 18.2 Å². The van der Waals surface area contributed by atoms with Crippen molar-refractivity contribution in [2.45, 2.75) is 38.5 Å². The van der Waals surface area contributed by atoms with Crippen molar-refractivity contribution in [2.24, 2.45) is 5.16 Å². The predicted octanol–water partition coefficient (Wildman–Crippen LogP) is 2.77. The Kier molecular flexibility index (Phi) is 5.13. The number of aromatic nitrogens is 1. The van der Waals surface area contributed by atoms with Crippen LogP contribution in [0.3, 0.4) is 0 Å². The van der Waals surface area contributed by atoms with Gasteiger partial charge in [-0.25, -0.2) is 0 Å². The number of amides is 1. The van der Waals surface area contributed by atoms with E-state index in [4.69, 9.17) is 4.84 Å². The molecule has 0 saturated carbocycles. The average Bonchev–Trinajstić information content (AvgIpc) is 3.30. The Bertz CT molecular complexity index is 866. The number of likely N-dealkylation sites (tertiary alicyclic amines) is 1. The van der Waals surface area contributed by atoms with Crippen molar-refractivity contribution < 1.29 is 9.63 Å². The topological polar surface area (TPSA) is 58.0 Å². The Morgan fingerprint density at radius 3 is 2.82 bits per heavy atom. The van der Waals surface area contributed by atoms with Crippen molar-refractivity contribution in [2.75, 3.05) is 20.1 Å². The van der Waals surface area contributed by atoms with Crippen molar-refractivity contribution in [3.63, 3.8) is 0 Å². The van der Waals surface area contributed by atoms with Crippen LogP contribution in [0.1, 0.15) is 29.7 Å². The van der Waals surface area contributed by atoms with Crippen LogP contribution in [0.5, 0.6) is 0 Å². The second kappa shape index (κ2) is 7.72. The maximum Gasteiger partial charge on any atom is 0.271 e. The molecule has 6 nitrogen and oxygen atoms in total. The van der Waals surface area contributed by atoms with Gasteiger partial charge in [0.15, 0.2) is 5.60 Å². The number of benzene rings is 1. The Morgan fingerprint density at radius 2 is 2.07 bits per heavy atom. The number of hydrogen-bond donors (Lipinski definition) is 0. The number of rotatable bonds is 5. The summed E-state index contributed by atoms with van der Waals surface area (Å²) in [5, 5.41) is 4.17. The molecule has 2 aliphatic heterocycles. The molecule has 6 heteroatoms. The van der Waals surface area contributed by atoms with Gasteiger partial charge in [0.2, 0.25) is 0 Å². The Morgan fingerprint density at radius 1 is 1.25 bits per heavy atom. The van der Waals surface area contributed by atoms with E-state index in [1.165, 1.54) is 11.1 Å². The van der Waals surface area contributed by atoms with Gasteiger partial charge in [-0.3, -0.25) is 14.7 Å². The Balaban J connectivity index is 1.33. The standard InChI is InChI=1S/C22H26N4O2/c1-17-6-8-18(9-7-17)14-26-12-10-22(16-26)13-20(24-28-22)21(27)25(2)15-19-5-3-4-11-23-19/h3-9,11H,10,12-16H2,1-2H3. The Hall–Kier alpha value is -2.73. The number of carbonyl (C=O) groups excluding carboxylic acids is 1. The number of oxime groups is 1. The highest BCUT2D eigenvalue weighted by molar-refractivity contribution is 6.39. The molecule has 28 heavy (non-hydrogen) atoms. The number of hydrogen-bond acceptors (Lipinski definition) is 5. The third-order valence-electron chi connectivity index (χ3n) is 5.48. The SMILES string of the molecule is Cc1ccc(CN2CCC3(CC(C(=O)N(C)Cc4ccccn4)=NO3)C2)cc1. The molecule has 1 amide bonds. The molecule has 1 saturated heterocycles. The van der Waals surface area contributed by atoms with Crippen molar-refractivity contribution in [1.29, 1.82) is 0 Å². The lowest BCUT2D eigenvalue weighted by atomic mass is 9.96. The summed E-state index contributed by atoms with van der Waals surface area (Å²) in [4.78, 5) is 26.9. The summed E-state index contributed by atoms with van der Waals surface area (Å²) in [7, 11) is 1.78. The summed E-state index contributed by atoms with van der Waals surface area (Å²) in [6, 6.07) is 14.3. The van der Waals surface area contributed by atoms with E-state index in [0.717, 1.165) is 31.7 Å². The van der Waals surface area contributed by atoms with E-state index in [-0.39, 0.29) is 11.5 Å². The Labute approximate surface area is 165 Å². The summed E-state index contributed by atoms with van der Waals surface area (Å²) in [5.74, 6) is -0.0838. The van der Waals surface area contributed by atoms with Crippen molar-refractivity contribution in [3.8, 4) is 0 Å². The molecule has 0 N–H and O–H groups in total. The molecule has 1 aromatic heterocycles. The first-order valence-electron chi connectivity index (χ1n) is 9.71. The molecule has 1 unspecified atom stereocenters. The fourth-order valence-electron chi connectivity index (χ4n) is 3.90. The maximum atomic E-state index is 12.8. The zero-order valence-electron chi connectivity index (χ0n) is 16.5. The molecule has 1 spiro atoms. The smallest absolute Gasteiger partial charge is 0.271 e. The number of nitrogens with zero attached hydrogens (tertiary/aromatic N) is 4. The predicted molar refractivity (Wildman–Crippen MR) is 108 cm³/mol. The lowest BCUT2D eigenvalue weighted by Gasteiger charge is -2.22. The largest absolute Gasteiger partial charge is 0.387 e. The van der Waals surface area contributed by atoms with Gasteiger partial charge in [0, 0.05) is 45.7 Å². The van der Waals surface area contributed by atoms with E-state index in [1.54, 1.807) is 18.1 Å². The summed E-state index contributed by atoms with van der Waals surface area (Å²) < 4.78 is 0. The summed E-state index contributed by atoms with van der Waals surface area (Å²) in [6.07, 6.45) is 3.20. The average molecular weight is 378 g/mol. The minimum absolute atomic E-state index is 0.0838. The maximum absolute atomic E-state index is 12.8. The van der Waals surface area contributed by atoms with Gasteiger partial charge in [0.25, 0.3) is 5.91 Å². The number of aryl methyl sites for hydroxylation is 1. The van der Waals surface area contributed by atoms with Gasteiger partial charge in [0.1, 0.15) is 5.71 Å². The molecule has 2 aromatic rings. The zero-order valence-corrected chi connectivity index (χ0v) is 16.5. The van der Waals surface area contributed by atoms with Crippen LogP contribution in [0.4, 0.5) is 0 Å². The molecule has 3 heterocycles. The van der Waals surface area contributed by atoms with Gasteiger partial charge in [0.05, 0.1) is 12.2 Å². The van der Waals surface area contributed by atoms with E-state index in [9.17, 15) is 4.79 Å². The molecular formula is C22H26N4O2. The van der Waals surface area contributed by atoms with Crippen LogP contribution < -0.4 is 0 Å². The summed E-state index contributed by atoms with van der Waals surface area (Å²) in [6.45, 7) is 5.21. The van der Waals surface area contributed by atoms with Crippen molar-refractivity contribution in [1.82, 2.24) is 14.8 Å². The highest BCUT2D eigenvalue weighted by Crippen LogP contribution is 2.34. The highest BCUT2D eigenvalue weighted by Gasteiger charge is 2.46. The molecule has 0 aliphatic carbocycles. The first-order valence-corrected chi connectivity index (χ1v) is 9.71. The number of carbonyl (C=O) groups is 1. The molecule has 1 aromatic carbocycles. The van der Waals surface area contributed by atoms with Crippen LogP contribution in [0, 0.1) is 6.92 Å². The normalized spacial score (nSPS) is 21.6. The molecule has 146 valence electrons. The van der Waals surface area contributed by atoms with E-state index in [2.05, 4.69) is 46.2 Å². The highest BCUT2D eigenvalue weighted by atomic mass is 16.7. The molecule has 0 radical (unpaired) electrons. The minimum Gasteiger partial charge on any atom is -0.387 e. The lowest BCUT2D eigenvalue weighted by Crippen LogP contribution is -2.37. The molecular weight excluding hydrogens is 352 g/mol. The van der Waals surface area contributed by atoms with Gasteiger partial charge < -0.3 is 9.74 Å². The summed E-state index contributed by atoms with van der Waals surface area (Å²) >= 11 is 0. The first kappa shape index (κ1) is 18.6. The van der Waals surface area contributed by atoms with Crippen LogP contribution in [0.25, 0.3) is 0 Å². The third-order valence-corrected chi connectivity index (χ3v) is 5.48. The van der Waals surface area contributed by atoms with Gasteiger partial charge in [-0.2, -0.15) is 0 Å². The van der Waals surface area contributed by atoms with E-state index in [0.29, 0.717) is 18.7 Å². The van der Waals surface area contributed by atoms with Crippen molar-refractivity contribution >= 4 is 11.6 Å². The van der Waals surface area contributed by atoms with Gasteiger partial charge >= 0.3 is 0 Å². The van der Waals surface area contributed by atoms with E-state index < -0.39 is 0 Å². The summed E-state index contributed by atoms with van der Waals surface area (Å²) in [5.41, 5.74) is 3.58. The van der Waals surface area contributed by atoms with Gasteiger partial charge in [-0.15, -0.1) is 0 Å². The fourth-order valence-corrected chi connectivity index (χ4v) is 3.90. The zero-order chi connectivity index (χ0) is 19.6. The molecule has 2 aliphatic rings. The third kappa shape index (κ3) is 4.07. The van der Waals surface area contributed by atoms with Gasteiger partial charge in [-0.1, -0.05) is 41.1 Å². The van der Waals surface area contributed by atoms with Crippen LogP contribution in [0.2, 0.25) is 0 Å². The quantitative estimate of drug-likeness (QED) is 0.803. The van der Waals surface area contributed by atoms with E-state index >= 15 is 0 Å². The first-order chi connectivity index (χ1) is 13.5. The van der Waals surface area contributed by atoms with Crippen LogP contribution >= 0.6 is 0 Å². The molecule has 1 atom stereocenters. The van der Waals surface area contributed by atoms with Crippen molar-refractivity contribution in [3.05, 3.63) is 65.5 Å². The molecule has 1 fully saturated rings. The molecule has 0 bridgehead atoms. The molecule has 4 rings (SSSR count). The second-order valence-electron chi connectivity index (χ2n) is 7.92. The number of pyridine rings is 1. The minimum atomic E-state index is -0.360. The van der Waals surface area contributed by atoms with Gasteiger partial charge in [-0.05, 0) is 24.6 Å². The second-order valence-corrected chi connectivity index (χ2v) is 7.92. The fraction of sp³-hybridized carbons (Fsp3) is 0.409. The van der Waals surface area contributed by atoms with Crippen LogP contribution in [-0.2, 0) is 22.7 Å². The lowest BCUT2D eigenvalue weighted by molar-refractivity contribution is -0.123.